The van der Waals surface area contributed by atoms with Crippen molar-refractivity contribution >= 4 is 52.5 Å². The molecule has 0 radical (unpaired) electrons. The van der Waals surface area contributed by atoms with Crippen molar-refractivity contribution in [1.82, 2.24) is 0 Å². The normalized spacial score (nSPS) is 20.4. The number of alkyl halides is 10. The molecule has 456 valence electrons. The van der Waals surface area contributed by atoms with Gasteiger partial charge < -0.3 is 0 Å². The number of anilines is 3. The quantitative estimate of drug-likeness (QED) is 0.0892. The molecule has 13 rings (SSSR count). The van der Waals surface area contributed by atoms with Gasteiger partial charge in [0.15, 0.2) is 0 Å². The zero-order chi connectivity index (χ0) is 65.1. The third-order valence-corrected chi connectivity index (χ3v) is 15.9. The molecule has 0 aromatic heterocycles. The summed E-state index contributed by atoms with van der Waals surface area (Å²) in [5, 5.41) is 0. The molecule has 9 nitrogen and oxygen atoms in total. The van der Waals surface area contributed by atoms with Crippen LogP contribution in [0.15, 0.2) is 201 Å². The maximum atomic E-state index is 15.0. The first-order valence-electron chi connectivity index (χ1n) is 28.3. The second-order valence-corrected chi connectivity index (χ2v) is 20.4. The van der Waals surface area contributed by atoms with Crippen molar-refractivity contribution < 1.29 is 72.7 Å². The van der Waals surface area contributed by atoms with Crippen LogP contribution in [0.4, 0.5) is 61.0 Å². The molecule has 0 N–H and O–H groups in total. The van der Waals surface area contributed by atoms with E-state index in [4.69, 9.17) is 0 Å². The molecular weight excluding hydrogens is 1170 g/mol. The number of benzene rings is 8. The van der Waals surface area contributed by atoms with Crippen LogP contribution in [0.2, 0.25) is 0 Å². The zero-order valence-electron chi connectivity index (χ0n) is 48.8. The smallest absolute Gasteiger partial charge is 0.270 e. The molecule has 3 heterocycles. The van der Waals surface area contributed by atoms with Gasteiger partial charge >= 0.3 is 47.3 Å². The molecule has 3 fully saturated rings. The summed E-state index contributed by atoms with van der Waals surface area (Å²) in [6.07, 6.45) is 0.557. The summed E-state index contributed by atoms with van der Waals surface area (Å²) in [7, 11) is 0. The number of amides is 6. The molecule has 2 aliphatic carbocycles. The van der Waals surface area contributed by atoms with Crippen LogP contribution < -0.4 is 14.7 Å². The predicted octanol–water partition coefficient (Wildman–Crippen LogP) is 16.6. The van der Waals surface area contributed by atoms with Crippen molar-refractivity contribution in [3.05, 3.63) is 223 Å². The van der Waals surface area contributed by atoms with Crippen LogP contribution >= 0.6 is 0 Å². The first kappa shape index (κ1) is 63.7. The Hall–Kier alpha value is -9.78. The second kappa shape index (κ2) is 23.1. The monoisotopic (exact) mass is 1220 g/mol. The Balaban J connectivity index is 0.000000201. The van der Waals surface area contributed by atoms with Crippen molar-refractivity contribution in [2.45, 2.75) is 88.9 Å². The fourth-order valence-electron chi connectivity index (χ4n) is 11.7. The first-order valence-corrected chi connectivity index (χ1v) is 28.3. The third-order valence-electron chi connectivity index (χ3n) is 15.9. The summed E-state index contributed by atoms with van der Waals surface area (Å²) in [4.78, 5) is 75.3. The van der Waals surface area contributed by atoms with Crippen molar-refractivity contribution in [1.29, 1.82) is 0 Å². The number of carbonyl (C=O) groups is 6. The van der Waals surface area contributed by atoms with E-state index in [1.807, 2.05) is 102 Å². The second-order valence-electron chi connectivity index (χ2n) is 20.4. The maximum Gasteiger partial charge on any atom is 0.396 e. The summed E-state index contributed by atoms with van der Waals surface area (Å²) in [5.74, 6) is -33.6. The molecule has 8 aromatic rings. The van der Waals surface area contributed by atoms with E-state index in [0.717, 1.165) is 64.6 Å². The molecule has 3 saturated heterocycles. The molecule has 2 unspecified atom stereocenters. The van der Waals surface area contributed by atoms with Crippen LogP contribution in [0.3, 0.4) is 0 Å². The summed E-state index contributed by atoms with van der Waals surface area (Å²) < 4.78 is 145. The minimum atomic E-state index is -5.33. The number of fused-ring (bicyclic) bond motifs is 10. The van der Waals surface area contributed by atoms with Gasteiger partial charge in [0.25, 0.3) is 11.8 Å². The van der Waals surface area contributed by atoms with E-state index in [9.17, 15) is 68.3 Å². The van der Waals surface area contributed by atoms with E-state index < -0.39 is 87.3 Å². The Morgan fingerprint density at radius 3 is 0.944 bits per heavy atom. The first-order chi connectivity index (χ1) is 42.3. The van der Waals surface area contributed by atoms with Crippen LogP contribution in [0.5, 0.6) is 0 Å². The molecule has 3 aliphatic heterocycles. The Bertz CT molecular complexity index is 3910. The topological polar surface area (TPSA) is 112 Å². The van der Waals surface area contributed by atoms with E-state index in [1.54, 1.807) is 60.7 Å². The van der Waals surface area contributed by atoms with Gasteiger partial charge in [-0.25, -0.2) is 23.5 Å². The molecule has 2 atom stereocenters. The van der Waals surface area contributed by atoms with Crippen molar-refractivity contribution in [3.63, 3.8) is 0 Å². The molecule has 8 aromatic carbocycles. The van der Waals surface area contributed by atoms with E-state index in [2.05, 4.69) is 24.8 Å². The van der Waals surface area contributed by atoms with Crippen molar-refractivity contribution in [3.8, 4) is 55.6 Å². The summed E-state index contributed by atoms with van der Waals surface area (Å²) in [5.41, 5.74) is 0.284. The Labute approximate surface area is 505 Å². The van der Waals surface area contributed by atoms with Crippen LogP contribution in [0.1, 0.15) is 70.7 Å². The lowest BCUT2D eigenvalue weighted by atomic mass is 9.70. The third kappa shape index (κ3) is 9.20. The molecular formula is C70H55F10N3O6. The van der Waals surface area contributed by atoms with E-state index >= 15 is 4.39 Å². The van der Waals surface area contributed by atoms with Gasteiger partial charge in [-0.15, -0.1) is 0 Å². The highest BCUT2D eigenvalue weighted by Gasteiger charge is 2.77. The molecule has 6 amide bonds. The van der Waals surface area contributed by atoms with Crippen LogP contribution in [-0.2, 0) is 34.2 Å². The molecule has 19 heteroatoms. The van der Waals surface area contributed by atoms with E-state index in [0.29, 0.717) is 44.4 Å². The Morgan fingerprint density at radius 2 is 0.607 bits per heavy atom. The predicted molar refractivity (Wildman–Crippen MR) is 320 cm³/mol. The lowest BCUT2D eigenvalue weighted by Gasteiger charge is -2.31. The number of hydrogen-bond acceptors (Lipinski definition) is 6. The number of nitrogens with zero attached hydrogens (tertiary/aromatic N) is 3. The molecule has 0 saturated carbocycles. The highest BCUT2D eigenvalue weighted by Crippen LogP contribution is 2.64. The van der Waals surface area contributed by atoms with E-state index in [1.165, 1.54) is 24.3 Å². The minimum absolute atomic E-state index is 0.0986. The largest absolute Gasteiger partial charge is 0.396 e. The molecule has 0 bridgehead atoms. The van der Waals surface area contributed by atoms with Crippen LogP contribution in [0, 0.1) is 0 Å². The summed E-state index contributed by atoms with van der Waals surface area (Å²) in [6.45, 7) is 16.0. The highest BCUT2D eigenvalue weighted by molar-refractivity contribution is 6.29. The highest BCUT2D eigenvalue weighted by atomic mass is 19.3. The van der Waals surface area contributed by atoms with Crippen LogP contribution in [-0.4, -0.2) is 70.5 Å². The Morgan fingerprint density at radius 1 is 0.315 bits per heavy atom. The lowest BCUT2D eigenvalue weighted by Crippen LogP contribution is -2.46. The maximum absolute atomic E-state index is 15.0. The SMILES string of the molecule is C=CC1(F)C(=O)N(c2ccc(-c3cc(-c4ccccc4)cc(-c4ccccc4)c3)cc2)C(=O)C1(C)F.CC.CC.CC.O=C1N(c2ccc3c(c2)C2(c4ccccc4-3)c3ccccc3-c3ccc(N4C(=O)C(F)(F)C(F)(F)C4=O)cc32)C(=O)C(F)(F)C1(F)F. The van der Waals surface area contributed by atoms with Gasteiger partial charge in [-0.3, -0.25) is 28.8 Å². The number of hydrogen-bond donors (Lipinski definition) is 0. The van der Waals surface area contributed by atoms with Gasteiger partial charge in [-0.2, -0.15) is 35.1 Å². The van der Waals surface area contributed by atoms with Crippen molar-refractivity contribution in [2.24, 2.45) is 0 Å². The van der Waals surface area contributed by atoms with Gasteiger partial charge in [0.1, 0.15) is 0 Å². The number of carbonyl (C=O) groups excluding carboxylic acids is 6. The summed E-state index contributed by atoms with van der Waals surface area (Å²) in [6, 6.07) is 53.0. The number of imide groups is 3. The molecule has 89 heavy (non-hydrogen) atoms. The number of halogens is 10. The standard InChI is InChI=1S/C33H14F8N2O4.C31H23F2NO2.3C2H6/c34-30(35)25(44)42(26(45)31(30,36)37)15-9-11-19-17-5-1-3-7-21(17)29(23(19)13-15)22-8-4-2-6-18(22)20-12-10-16(14-24(20)29)43-27(46)32(38,39)33(40,41)28(43)47;1-3-31(33)29(36)34(28(35)30(31,2)32)27-16-14-23(15-17-27)26-19-24(21-10-6-4-7-11-21)18-25(20-26)22-12-8-5-9-13-22;3*1-2/h1-14H;3-20H,1H2,2H3;3*1-2H3. The average Bonchev–Trinajstić information content (AvgIpc) is 1.52. The Kier molecular flexibility index (Phi) is 16.5. The fourth-order valence-corrected chi connectivity index (χ4v) is 11.7. The van der Waals surface area contributed by atoms with E-state index in [-0.39, 0.29) is 26.6 Å². The van der Waals surface area contributed by atoms with Gasteiger partial charge in [-0.05, 0) is 145 Å². The van der Waals surface area contributed by atoms with Gasteiger partial charge in [-0.1, -0.05) is 182 Å². The molecule has 1 spiro atoms. The fraction of sp³-hybridized carbons (Fsp3) is 0.200. The van der Waals surface area contributed by atoms with Crippen LogP contribution in [0.25, 0.3) is 55.6 Å². The van der Waals surface area contributed by atoms with Gasteiger partial charge in [0.05, 0.1) is 22.5 Å². The van der Waals surface area contributed by atoms with Gasteiger partial charge in [0, 0.05) is 0 Å². The van der Waals surface area contributed by atoms with Gasteiger partial charge in [0.2, 0.25) is 11.3 Å². The zero-order valence-corrected chi connectivity index (χ0v) is 48.8. The lowest BCUT2D eigenvalue weighted by molar-refractivity contribution is -0.192. The minimum Gasteiger partial charge on any atom is -0.270 e. The average molecular weight is 1220 g/mol. The van der Waals surface area contributed by atoms with Crippen molar-refractivity contribution in [2.75, 3.05) is 14.7 Å². The summed E-state index contributed by atoms with van der Waals surface area (Å²) >= 11 is 0. The number of rotatable bonds is 7. The molecule has 5 aliphatic rings.